The molecule has 0 aromatic carbocycles. The number of nitrogens with one attached hydrogen (secondary N) is 1. The molecule has 0 aliphatic rings. The summed E-state index contributed by atoms with van der Waals surface area (Å²) >= 11 is 2.21. The normalized spacial score (nSPS) is 10.7. The zero-order chi connectivity index (χ0) is 13.8. The van der Waals surface area contributed by atoms with Crippen molar-refractivity contribution >= 4 is 39.7 Å². The van der Waals surface area contributed by atoms with E-state index >= 15 is 0 Å². The summed E-state index contributed by atoms with van der Waals surface area (Å²) in [6.07, 6.45) is 0.367. The number of aromatic nitrogens is 3. The topological polar surface area (TPSA) is 69.0 Å². The van der Waals surface area contributed by atoms with Crippen molar-refractivity contribution in [2.24, 2.45) is 0 Å². The summed E-state index contributed by atoms with van der Waals surface area (Å²) in [5.74, 6) is 0. The van der Waals surface area contributed by atoms with Crippen LogP contribution in [0.3, 0.4) is 0 Å². The van der Waals surface area contributed by atoms with E-state index in [1.165, 1.54) is 7.11 Å². The number of nitrogens with zero attached hydrogens (tertiary/aromatic N) is 3. The number of amides is 1. The molecule has 0 atom stereocenters. The Balaban J connectivity index is 2.04. The van der Waals surface area contributed by atoms with Crippen LogP contribution in [-0.2, 0) is 11.3 Å². The molecule has 0 unspecified atom stereocenters. The molecular weight excluding hydrogens is 359 g/mol. The molecule has 0 saturated heterocycles. The van der Waals surface area contributed by atoms with Crippen LogP contribution in [0.4, 0.5) is 4.79 Å². The maximum atomic E-state index is 10.9. The van der Waals surface area contributed by atoms with Crippen molar-refractivity contribution in [3.05, 3.63) is 21.5 Å². The van der Waals surface area contributed by atoms with Gasteiger partial charge in [-0.15, -0.1) is 0 Å². The molecule has 0 aliphatic heterocycles. The lowest BCUT2D eigenvalue weighted by Gasteiger charge is -2.04. The van der Waals surface area contributed by atoms with E-state index in [4.69, 9.17) is 0 Å². The van der Waals surface area contributed by atoms with Gasteiger partial charge in [-0.25, -0.2) is 14.5 Å². The summed E-state index contributed by atoms with van der Waals surface area (Å²) in [4.78, 5) is 15.4. The molecule has 2 aromatic heterocycles. The maximum Gasteiger partial charge on any atom is 0.406 e. The predicted octanol–water partition coefficient (Wildman–Crippen LogP) is 2.09. The largest absolute Gasteiger partial charge is 0.453 e. The van der Waals surface area contributed by atoms with Crippen molar-refractivity contribution in [1.82, 2.24) is 20.1 Å². The van der Waals surface area contributed by atoms with Gasteiger partial charge in [0.05, 0.1) is 12.5 Å². The summed E-state index contributed by atoms with van der Waals surface area (Å²) in [7, 11) is 1.35. The number of hydrogen-bond donors (Lipinski definition) is 1. The lowest BCUT2D eigenvalue weighted by Crippen LogP contribution is -2.25. The Bertz CT molecular complexity index is 597. The zero-order valence-electron chi connectivity index (χ0n) is 10.8. The van der Waals surface area contributed by atoms with Crippen molar-refractivity contribution < 1.29 is 9.53 Å². The maximum absolute atomic E-state index is 10.9. The highest BCUT2D eigenvalue weighted by Gasteiger charge is 2.09. The van der Waals surface area contributed by atoms with Crippen LogP contribution in [0.2, 0.25) is 0 Å². The third kappa shape index (κ3) is 3.34. The molecule has 1 amide bonds. The predicted molar refractivity (Wildman–Crippen MR) is 80.0 cm³/mol. The van der Waals surface area contributed by atoms with E-state index in [9.17, 15) is 4.79 Å². The highest BCUT2D eigenvalue weighted by atomic mass is 127. The van der Waals surface area contributed by atoms with Crippen molar-refractivity contribution in [2.45, 2.75) is 19.9 Å². The summed E-state index contributed by atoms with van der Waals surface area (Å²) < 4.78 is 7.33. The fraction of sp³-hybridized carbons (Fsp3) is 0.417. The van der Waals surface area contributed by atoms with E-state index in [-0.39, 0.29) is 0 Å². The third-order valence-corrected chi connectivity index (χ3v) is 3.49. The monoisotopic (exact) mass is 374 g/mol. The van der Waals surface area contributed by atoms with E-state index in [1.807, 2.05) is 23.7 Å². The van der Waals surface area contributed by atoms with Gasteiger partial charge in [0.1, 0.15) is 3.70 Å². The van der Waals surface area contributed by atoms with Crippen LogP contribution in [0.1, 0.15) is 12.1 Å². The number of methoxy groups -OCH3 is 1. The van der Waals surface area contributed by atoms with Gasteiger partial charge in [-0.05, 0) is 48.1 Å². The highest BCUT2D eigenvalue weighted by molar-refractivity contribution is 14.1. The molecule has 0 aliphatic carbocycles. The molecule has 0 bridgehead atoms. The van der Waals surface area contributed by atoms with Crippen LogP contribution in [-0.4, -0.2) is 34.5 Å². The molecule has 102 valence electrons. The van der Waals surface area contributed by atoms with Crippen molar-refractivity contribution in [2.75, 3.05) is 13.7 Å². The Labute approximate surface area is 124 Å². The summed E-state index contributed by atoms with van der Waals surface area (Å²) in [5, 5.41) is 8.17. The molecule has 0 radical (unpaired) electrons. The average Bonchev–Trinajstić information content (AvgIpc) is 2.70. The number of alkyl carbamates (subject to hydrolysis) is 1. The van der Waals surface area contributed by atoms with Gasteiger partial charge in [0.25, 0.3) is 0 Å². The van der Waals surface area contributed by atoms with Crippen molar-refractivity contribution in [3.8, 4) is 0 Å². The van der Waals surface area contributed by atoms with Gasteiger partial charge in [0.2, 0.25) is 0 Å². The Kier molecular flexibility index (Phi) is 4.56. The minimum atomic E-state index is -0.408. The smallest absolute Gasteiger partial charge is 0.406 e. The number of hydrogen-bond acceptors (Lipinski definition) is 4. The molecule has 0 spiro atoms. The molecular formula is C12H15IN4O2. The molecule has 6 nitrogen and oxygen atoms in total. The Morgan fingerprint density at radius 2 is 2.32 bits per heavy atom. The summed E-state index contributed by atoms with van der Waals surface area (Å²) in [6, 6.07) is 4.02. The number of carbonyl (C=O) groups is 1. The Morgan fingerprint density at radius 1 is 1.53 bits per heavy atom. The SMILES string of the molecule is COC(=O)NCCCn1nc(I)c2ccc(C)nc21. The molecule has 0 saturated carbocycles. The third-order valence-electron chi connectivity index (χ3n) is 2.69. The second-order valence-corrected chi connectivity index (χ2v) is 5.13. The molecule has 2 heterocycles. The fourth-order valence-corrected chi connectivity index (χ4v) is 2.44. The number of pyridine rings is 1. The number of fused-ring (bicyclic) bond motifs is 1. The van der Waals surface area contributed by atoms with Crippen LogP contribution < -0.4 is 5.32 Å². The minimum absolute atomic E-state index is 0.408. The zero-order valence-corrected chi connectivity index (χ0v) is 13.0. The van der Waals surface area contributed by atoms with Gasteiger partial charge >= 0.3 is 6.09 Å². The average molecular weight is 374 g/mol. The molecule has 2 rings (SSSR count). The molecule has 0 fully saturated rings. The number of rotatable bonds is 4. The standard InChI is InChI=1S/C12H15IN4O2/c1-8-4-5-9-10(13)16-17(11(9)15-8)7-3-6-14-12(18)19-2/h4-5H,3,6-7H2,1-2H3,(H,14,18). The number of halogens is 1. The first kappa shape index (κ1) is 14.0. The Morgan fingerprint density at radius 3 is 3.05 bits per heavy atom. The molecule has 2 aromatic rings. The second-order valence-electron chi connectivity index (χ2n) is 4.11. The molecule has 7 heteroatoms. The van der Waals surface area contributed by atoms with Gasteiger partial charge < -0.3 is 10.1 Å². The highest BCUT2D eigenvalue weighted by Crippen LogP contribution is 2.19. The van der Waals surface area contributed by atoms with Crippen molar-refractivity contribution in [3.63, 3.8) is 0 Å². The van der Waals surface area contributed by atoms with Gasteiger partial charge in [-0.1, -0.05) is 0 Å². The second kappa shape index (κ2) is 6.18. The van der Waals surface area contributed by atoms with Crippen molar-refractivity contribution in [1.29, 1.82) is 0 Å². The van der Waals surface area contributed by atoms with Gasteiger partial charge in [0.15, 0.2) is 5.65 Å². The Hall–Kier alpha value is -1.38. The molecule has 19 heavy (non-hydrogen) atoms. The number of ether oxygens (including phenoxy) is 1. The van der Waals surface area contributed by atoms with Crippen LogP contribution in [0.5, 0.6) is 0 Å². The van der Waals surface area contributed by atoms with Gasteiger partial charge in [-0.2, -0.15) is 5.10 Å². The van der Waals surface area contributed by atoms with Gasteiger partial charge in [-0.3, -0.25) is 0 Å². The number of carbonyl (C=O) groups excluding carboxylic acids is 1. The number of aryl methyl sites for hydroxylation is 2. The van der Waals surface area contributed by atoms with Crippen LogP contribution in [0, 0.1) is 10.6 Å². The minimum Gasteiger partial charge on any atom is -0.453 e. The van der Waals surface area contributed by atoms with Gasteiger partial charge in [0, 0.05) is 18.8 Å². The van der Waals surface area contributed by atoms with E-state index < -0.39 is 6.09 Å². The first-order valence-electron chi connectivity index (χ1n) is 5.93. The van der Waals surface area contributed by atoms with E-state index in [0.29, 0.717) is 13.1 Å². The van der Waals surface area contributed by atoms with E-state index in [1.54, 1.807) is 0 Å². The summed E-state index contributed by atoms with van der Waals surface area (Å²) in [6.45, 7) is 3.22. The quantitative estimate of drug-likeness (QED) is 0.658. The van der Waals surface area contributed by atoms with E-state index in [2.05, 4.69) is 42.7 Å². The first-order chi connectivity index (χ1) is 9.11. The lowest BCUT2D eigenvalue weighted by molar-refractivity contribution is 0.170. The fourth-order valence-electron chi connectivity index (χ4n) is 1.76. The first-order valence-corrected chi connectivity index (χ1v) is 7.01. The van der Waals surface area contributed by atoms with Crippen LogP contribution >= 0.6 is 22.6 Å². The van der Waals surface area contributed by atoms with Crippen LogP contribution in [0.15, 0.2) is 12.1 Å². The van der Waals surface area contributed by atoms with Crippen LogP contribution in [0.25, 0.3) is 11.0 Å². The molecule has 1 N–H and O–H groups in total. The lowest BCUT2D eigenvalue weighted by atomic mass is 10.3. The van der Waals surface area contributed by atoms with E-state index in [0.717, 1.165) is 26.8 Å². The summed E-state index contributed by atoms with van der Waals surface area (Å²) in [5.41, 5.74) is 1.86.